The average molecular weight is 1120 g/mol. The third kappa shape index (κ3) is 15.6. The predicted octanol–water partition coefficient (Wildman–Crippen LogP) is 16.2. The molecule has 0 aromatic heterocycles. The number of hydrogen-bond donors (Lipinski definition) is 0. The highest BCUT2D eigenvalue weighted by molar-refractivity contribution is 5.83. The van der Waals surface area contributed by atoms with Crippen molar-refractivity contribution in [3.05, 3.63) is 252 Å². The average Bonchev–Trinajstić information content (AvgIpc) is 3.72. The molecule has 0 aliphatic carbocycles. The van der Waals surface area contributed by atoms with Crippen molar-refractivity contribution in [2.24, 2.45) is 0 Å². The van der Waals surface area contributed by atoms with Crippen molar-refractivity contribution < 1.29 is 56.8 Å². The first-order valence-electron chi connectivity index (χ1n) is 27.4. The Labute approximate surface area is 491 Å². The van der Waals surface area contributed by atoms with Gasteiger partial charge in [-0.1, -0.05) is 72.8 Å². The molecule has 0 unspecified atom stereocenters. The second kappa shape index (κ2) is 28.0. The van der Waals surface area contributed by atoms with E-state index in [0.717, 1.165) is 101 Å². The summed E-state index contributed by atoms with van der Waals surface area (Å²) in [6, 6.07) is 71.6. The molecule has 0 amide bonds. The molecule has 0 fully saturated rings. The van der Waals surface area contributed by atoms with Crippen molar-refractivity contribution in [1.29, 1.82) is 0 Å². The molecule has 0 spiro atoms. The quantitative estimate of drug-likeness (QED) is 0.0489. The first kappa shape index (κ1) is 57.1. The first-order valence-corrected chi connectivity index (χ1v) is 27.4. The van der Waals surface area contributed by atoms with Gasteiger partial charge >= 0.3 is 0 Å². The van der Waals surface area contributed by atoms with Gasteiger partial charge in [-0.05, 0) is 194 Å². The number of rotatable bonds is 27. The zero-order chi connectivity index (χ0) is 58.0. The molecule has 0 heterocycles. The lowest BCUT2D eigenvalue weighted by atomic mass is 9.92. The maximum Gasteiger partial charge on any atom is 0.124 e. The lowest BCUT2D eigenvalue weighted by Gasteiger charge is -2.18. The van der Waals surface area contributed by atoms with Crippen LogP contribution in [-0.2, 0) is 39.6 Å². The monoisotopic (exact) mass is 1120 g/mol. The van der Waals surface area contributed by atoms with Gasteiger partial charge in [0.2, 0.25) is 0 Å². The van der Waals surface area contributed by atoms with E-state index in [4.69, 9.17) is 56.8 Å². The topological polar surface area (TPSA) is 111 Å². The third-order valence-electron chi connectivity index (χ3n) is 14.0. The summed E-state index contributed by atoms with van der Waals surface area (Å²) >= 11 is 0. The Hall–Kier alpha value is -10.2. The fourth-order valence-corrected chi connectivity index (χ4v) is 9.17. The summed E-state index contributed by atoms with van der Waals surface area (Å²) in [4.78, 5) is 0. The summed E-state index contributed by atoms with van der Waals surface area (Å²) in [5.41, 5.74) is 11.0. The van der Waals surface area contributed by atoms with E-state index >= 15 is 0 Å². The van der Waals surface area contributed by atoms with Gasteiger partial charge in [-0.2, -0.15) is 0 Å². The highest BCUT2D eigenvalue weighted by Gasteiger charge is 2.16. The molecule has 0 atom stereocenters. The van der Waals surface area contributed by atoms with Crippen molar-refractivity contribution in [2.75, 3.05) is 42.7 Å². The number of hydrogen-bond acceptors (Lipinski definition) is 12. The van der Waals surface area contributed by atoms with Gasteiger partial charge in [0.15, 0.2) is 0 Å². The number of ether oxygens (including phenoxy) is 12. The van der Waals surface area contributed by atoms with Crippen molar-refractivity contribution >= 4 is 0 Å². The molecule has 0 N–H and O–H groups in total. The Kier molecular flexibility index (Phi) is 19.0. The number of benzene rings is 10. The van der Waals surface area contributed by atoms with Crippen LogP contribution in [0.4, 0.5) is 0 Å². The summed E-state index contributed by atoms with van der Waals surface area (Å²) < 4.78 is 72.3. The van der Waals surface area contributed by atoms with Gasteiger partial charge in [0, 0.05) is 18.2 Å². The first-order chi connectivity index (χ1) is 41.2. The van der Waals surface area contributed by atoms with Crippen LogP contribution in [0.1, 0.15) is 33.4 Å². The van der Waals surface area contributed by atoms with Crippen LogP contribution in [0, 0.1) is 0 Å². The Morgan fingerprint density at radius 1 is 0.167 bits per heavy atom. The minimum atomic E-state index is 0.307. The van der Waals surface area contributed by atoms with E-state index in [9.17, 15) is 0 Å². The zero-order valence-corrected chi connectivity index (χ0v) is 47.9. The van der Waals surface area contributed by atoms with Gasteiger partial charge in [-0.3, -0.25) is 0 Å². The van der Waals surface area contributed by atoms with Crippen LogP contribution >= 0.6 is 0 Å². The van der Waals surface area contributed by atoms with Crippen LogP contribution in [0.2, 0.25) is 0 Å². The Balaban J connectivity index is 1.10. The molecular weight excluding hydrogens is 1060 g/mol. The molecule has 0 radical (unpaired) electrons. The minimum Gasteiger partial charge on any atom is -0.497 e. The van der Waals surface area contributed by atoms with Gasteiger partial charge in [0.1, 0.15) is 109 Å². The molecule has 84 heavy (non-hydrogen) atoms. The molecule has 0 saturated carbocycles. The maximum absolute atomic E-state index is 6.62. The van der Waals surface area contributed by atoms with Crippen LogP contribution in [0.3, 0.4) is 0 Å². The van der Waals surface area contributed by atoms with Gasteiger partial charge in [-0.25, -0.2) is 0 Å². The highest BCUT2D eigenvalue weighted by atomic mass is 16.5. The minimum absolute atomic E-state index is 0.307. The SMILES string of the molecule is COc1ccc(COc2cc(OCc3ccc(OC)cc3)cc(-c3cc(-c4cc(OCc5ccc(OC)cc5)cc(OCc5ccc(OC)cc5)c4)cc(-c4cc(OCc5ccc(OC)cc5)cc(OCc5ccc(OC)cc5)c4)c3)c2)cc1. The standard InChI is InChI=1S/C72H66O12/c1-73-61-19-7-49(8-20-61)43-79-67-34-58(35-68(40-67)80-44-50-9-21-62(74-2)22-10-50)55-31-56(59-36-69(81-45-51-11-23-63(75-3)24-12-51)41-70(37-59)82-46-52-13-25-64(76-4)26-14-52)33-57(32-55)60-38-71(83-47-53-15-27-65(77-5)28-16-53)42-72(39-60)84-48-54-17-29-66(78-6)30-18-54/h7-42H,43-48H2,1-6H3. The molecule has 0 aliphatic heterocycles. The summed E-state index contributed by atoms with van der Waals surface area (Å²) in [5.74, 6) is 8.29. The Bertz CT molecular complexity index is 3100. The Morgan fingerprint density at radius 3 is 0.452 bits per heavy atom. The van der Waals surface area contributed by atoms with Crippen molar-refractivity contribution in [3.8, 4) is 102 Å². The lowest BCUT2D eigenvalue weighted by molar-refractivity contribution is 0.290. The van der Waals surface area contributed by atoms with Crippen LogP contribution in [-0.4, -0.2) is 42.7 Å². The van der Waals surface area contributed by atoms with Crippen LogP contribution in [0.15, 0.2) is 218 Å². The zero-order valence-electron chi connectivity index (χ0n) is 47.9. The fraction of sp³-hybridized carbons (Fsp3) is 0.167. The maximum atomic E-state index is 6.62. The third-order valence-corrected chi connectivity index (χ3v) is 14.0. The molecule has 0 saturated heterocycles. The van der Waals surface area contributed by atoms with E-state index in [1.165, 1.54) is 0 Å². The van der Waals surface area contributed by atoms with Crippen LogP contribution < -0.4 is 56.8 Å². The molecule has 0 bridgehead atoms. The summed E-state index contributed by atoms with van der Waals surface area (Å²) in [7, 11) is 9.93. The van der Waals surface area contributed by atoms with E-state index < -0.39 is 0 Å². The molecule has 10 rings (SSSR count). The van der Waals surface area contributed by atoms with Crippen LogP contribution in [0.25, 0.3) is 33.4 Å². The second-order valence-electron chi connectivity index (χ2n) is 19.7. The van der Waals surface area contributed by atoms with E-state index in [1.54, 1.807) is 42.7 Å². The van der Waals surface area contributed by atoms with Crippen molar-refractivity contribution in [3.63, 3.8) is 0 Å². The lowest BCUT2D eigenvalue weighted by Crippen LogP contribution is -2.00. The summed E-state index contributed by atoms with van der Waals surface area (Å²) in [5, 5.41) is 0. The molecule has 426 valence electrons. The molecule has 10 aromatic rings. The molecule has 12 heteroatoms. The summed E-state index contributed by atoms with van der Waals surface area (Å²) in [6.07, 6.45) is 0. The molecular formula is C72H66O12. The second-order valence-corrected chi connectivity index (χ2v) is 19.7. The largest absolute Gasteiger partial charge is 0.497 e. The van der Waals surface area contributed by atoms with E-state index in [0.29, 0.717) is 74.1 Å². The van der Waals surface area contributed by atoms with Crippen molar-refractivity contribution in [2.45, 2.75) is 39.6 Å². The predicted molar refractivity (Wildman–Crippen MR) is 327 cm³/mol. The van der Waals surface area contributed by atoms with E-state index in [1.807, 2.05) is 200 Å². The van der Waals surface area contributed by atoms with Gasteiger partial charge in [0.25, 0.3) is 0 Å². The van der Waals surface area contributed by atoms with E-state index in [-0.39, 0.29) is 0 Å². The normalized spacial score (nSPS) is 10.8. The van der Waals surface area contributed by atoms with Crippen LogP contribution in [0.5, 0.6) is 69.0 Å². The highest BCUT2D eigenvalue weighted by Crippen LogP contribution is 2.41. The van der Waals surface area contributed by atoms with Gasteiger partial charge < -0.3 is 56.8 Å². The van der Waals surface area contributed by atoms with Crippen molar-refractivity contribution in [1.82, 2.24) is 0 Å². The Morgan fingerprint density at radius 2 is 0.310 bits per heavy atom. The molecule has 10 aromatic carbocycles. The molecule has 0 aliphatic rings. The van der Waals surface area contributed by atoms with Gasteiger partial charge in [-0.15, -0.1) is 0 Å². The fourth-order valence-electron chi connectivity index (χ4n) is 9.17. The molecule has 12 nitrogen and oxygen atoms in total. The van der Waals surface area contributed by atoms with E-state index in [2.05, 4.69) is 18.2 Å². The van der Waals surface area contributed by atoms with Gasteiger partial charge in [0.05, 0.1) is 42.7 Å². The summed E-state index contributed by atoms with van der Waals surface area (Å²) in [6.45, 7) is 1.84. The number of methoxy groups -OCH3 is 6. The smallest absolute Gasteiger partial charge is 0.124 e.